The Kier molecular flexibility index (Phi) is 5.30. The molecule has 0 aromatic carbocycles. The van der Waals surface area contributed by atoms with Crippen molar-refractivity contribution >= 4 is 46.0 Å². The van der Waals surface area contributed by atoms with Crippen LogP contribution in [0.3, 0.4) is 0 Å². The van der Waals surface area contributed by atoms with Crippen LogP contribution in [0.25, 0.3) is 0 Å². The summed E-state index contributed by atoms with van der Waals surface area (Å²) in [5.74, 6) is -0.184. The Balaban J connectivity index is 1.52. The molecule has 128 valence electrons. The Morgan fingerprint density at radius 3 is 2.58 bits per heavy atom. The van der Waals surface area contributed by atoms with Gasteiger partial charge in [-0.1, -0.05) is 42.2 Å². The molecule has 1 aromatic heterocycles. The summed E-state index contributed by atoms with van der Waals surface area (Å²) in [4.78, 5) is 37.9. The first kappa shape index (κ1) is 17.1. The molecule has 0 saturated carbocycles. The molecular weight excluding hydrogens is 348 g/mol. The minimum absolute atomic E-state index is 0.0696. The molecule has 2 atom stereocenters. The van der Waals surface area contributed by atoms with E-state index >= 15 is 0 Å². The summed E-state index contributed by atoms with van der Waals surface area (Å²) in [7, 11) is 0. The molecule has 1 aromatic rings. The summed E-state index contributed by atoms with van der Waals surface area (Å²) < 4.78 is 0.800. The number of hydrogen-bond donors (Lipinski definition) is 1. The summed E-state index contributed by atoms with van der Waals surface area (Å²) in [6.07, 6.45) is 5.19. The van der Waals surface area contributed by atoms with Gasteiger partial charge < -0.3 is 5.32 Å². The van der Waals surface area contributed by atoms with Crippen LogP contribution in [0.15, 0.2) is 16.5 Å². The van der Waals surface area contributed by atoms with Gasteiger partial charge in [0, 0.05) is 13.0 Å². The molecule has 1 aliphatic heterocycles. The second-order valence-corrected chi connectivity index (χ2v) is 8.08. The smallest absolute Gasteiger partial charge is 0.233 e. The fraction of sp³-hybridized carbons (Fsp3) is 0.533. The van der Waals surface area contributed by atoms with Crippen molar-refractivity contribution in [3.8, 4) is 0 Å². The largest absolute Gasteiger partial charge is 0.300 e. The molecule has 1 aliphatic carbocycles. The number of amides is 3. The monoisotopic (exact) mass is 366 g/mol. The highest BCUT2D eigenvalue weighted by Crippen LogP contribution is 2.35. The molecule has 24 heavy (non-hydrogen) atoms. The molecule has 7 nitrogen and oxygen atoms in total. The highest BCUT2D eigenvalue weighted by molar-refractivity contribution is 8.01. The van der Waals surface area contributed by atoms with Crippen LogP contribution < -0.4 is 5.32 Å². The van der Waals surface area contributed by atoms with Crippen molar-refractivity contribution in [3.63, 3.8) is 0 Å². The van der Waals surface area contributed by atoms with Crippen LogP contribution in [0, 0.1) is 11.8 Å². The van der Waals surface area contributed by atoms with Gasteiger partial charge in [0.1, 0.15) is 0 Å². The lowest BCUT2D eigenvalue weighted by Crippen LogP contribution is -2.34. The number of aromatic nitrogens is 2. The van der Waals surface area contributed by atoms with E-state index in [4.69, 9.17) is 0 Å². The molecule has 2 heterocycles. The van der Waals surface area contributed by atoms with Gasteiger partial charge in [-0.25, -0.2) is 0 Å². The van der Waals surface area contributed by atoms with Crippen molar-refractivity contribution in [1.82, 2.24) is 15.1 Å². The van der Waals surface area contributed by atoms with Crippen LogP contribution in [0.2, 0.25) is 0 Å². The SMILES string of the molecule is CCSc1nnc(NC(=O)CCN2C(=O)[C@H]3CC=CC[C@@H]3C2=O)s1. The lowest BCUT2D eigenvalue weighted by molar-refractivity contribution is -0.140. The van der Waals surface area contributed by atoms with Gasteiger partial charge in [-0.05, 0) is 18.6 Å². The van der Waals surface area contributed by atoms with Gasteiger partial charge in [0.15, 0.2) is 4.34 Å². The number of anilines is 1. The molecule has 0 unspecified atom stereocenters. The molecular formula is C15H18N4O3S2. The standard InChI is InChI=1S/C15H18N4O3S2/c1-2-23-15-18-17-14(24-15)16-11(20)7-8-19-12(21)9-5-3-4-6-10(9)13(19)22/h3-4,9-10H,2,5-8H2,1H3,(H,16,17,20)/t9-,10-/m0/s1. The number of thioether (sulfide) groups is 1. The van der Waals surface area contributed by atoms with Gasteiger partial charge in [0.2, 0.25) is 22.9 Å². The number of rotatable bonds is 6. The number of hydrogen-bond acceptors (Lipinski definition) is 7. The van der Waals surface area contributed by atoms with Crippen LogP contribution in [-0.4, -0.2) is 45.1 Å². The zero-order valence-corrected chi connectivity index (χ0v) is 14.9. The van der Waals surface area contributed by atoms with E-state index in [1.54, 1.807) is 11.8 Å². The van der Waals surface area contributed by atoms with Crippen LogP contribution in [0.5, 0.6) is 0 Å². The zero-order chi connectivity index (χ0) is 17.1. The van der Waals surface area contributed by atoms with Crippen molar-refractivity contribution in [1.29, 1.82) is 0 Å². The number of imide groups is 1. The summed E-state index contributed by atoms with van der Waals surface area (Å²) >= 11 is 2.87. The van der Waals surface area contributed by atoms with E-state index < -0.39 is 0 Å². The maximum Gasteiger partial charge on any atom is 0.233 e. The van der Waals surface area contributed by atoms with Gasteiger partial charge >= 0.3 is 0 Å². The third kappa shape index (κ3) is 3.51. The first-order valence-electron chi connectivity index (χ1n) is 7.86. The molecule has 2 aliphatic rings. The summed E-state index contributed by atoms with van der Waals surface area (Å²) in [6.45, 7) is 2.13. The molecule has 1 fully saturated rings. The van der Waals surface area contributed by atoms with E-state index in [0.29, 0.717) is 18.0 Å². The molecule has 1 N–H and O–H groups in total. The predicted molar refractivity (Wildman–Crippen MR) is 91.6 cm³/mol. The molecule has 3 rings (SSSR count). The van der Waals surface area contributed by atoms with Crippen molar-refractivity contribution in [2.45, 2.75) is 30.5 Å². The van der Waals surface area contributed by atoms with Gasteiger partial charge in [-0.15, -0.1) is 10.2 Å². The topological polar surface area (TPSA) is 92.3 Å². The number of carbonyl (C=O) groups is 3. The Bertz CT molecular complexity index is 662. The number of nitrogens with one attached hydrogen (secondary N) is 1. The number of carbonyl (C=O) groups excluding carboxylic acids is 3. The summed E-state index contributed by atoms with van der Waals surface area (Å²) in [5, 5.41) is 11.0. The normalized spacial score (nSPS) is 22.8. The number of fused-ring (bicyclic) bond motifs is 1. The second-order valence-electron chi connectivity index (χ2n) is 5.59. The van der Waals surface area contributed by atoms with Crippen molar-refractivity contribution in [2.75, 3.05) is 17.6 Å². The second kappa shape index (κ2) is 7.43. The maximum absolute atomic E-state index is 12.3. The highest BCUT2D eigenvalue weighted by atomic mass is 32.2. The summed E-state index contributed by atoms with van der Waals surface area (Å²) in [5.41, 5.74) is 0. The van der Waals surface area contributed by atoms with E-state index in [-0.39, 0.29) is 42.5 Å². The highest BCUT2D eigenvalue weighted by Gasteiger charge is 2.46. The van der Waals surface area contributed by atoms with Gasteiger partial charge in [0.05, 0.1) is 11.8 Å². The molecule has 9 heteroatoms. The van der Waals surface area contributed by atoms with Gasteiger partial charge in [0.25, 0.3) is 0 Å². The number of likely N-dealkylation sites (tertiary alicyclic amines) is 1. The third-order valence-electron chi connectivity index (χ3n) is 4.08. The quantitative estimate of drug-likeness (QED) is 0.358. The Hall–Kier alpha value is -1.74. The Morgan fingerprint density at radius 2 is 1.96 bits per heavy atom. The summed E-state index contributed by atoms with van der Waals surface area (Å²) in [6, 6.07) is 0. The molecule has 0 spiro atoms. The minimum atomic E-state index is -0.271. The van der Waals surface area contributed by atoms with Crippen molar-refractivity contribution in [2.24, 2.45) is 11.8 Å². The Morgan fingerprint density at radius 1 is 1.29 bits per heavy atom. The zero-order valence-electron chi connectivity index (χ0n) is 13.2. The number of allylic oxidation sites excluding steroid dienone is 2. The van der Waals surface area contributed by atoms with E-state index in [9.17, 15) is 14.4 Å². The van der Waals surface area contributed by atoms with Crippen molar-refractivity contribution in [3.05, 3.63) is 12.2 Å². The van der Waals surface area contributed by atoms with E-state index in [1.165, 1.54) is 16.2 Å². The van der Waals surface area contributed by atoms with E-state index in [2.05, 4.69) is 15.5 Å². The number of nitrogens with zero attached hydrogens (tertiary/aromatic N) is 3. The average molecular weight is 366 g/mol. The first-order valence-corrected chi connectivity index (χ1v) is 9.66. The lowest BCUT2D eigenvalue weighted by Gasteiger charge is -2.14. The predicted octanol–water partition coefficient (Wildman–Crippen LogP) is 1.93. The van der Waals surface area contributed by atoms with Crippen LogP contribution in [0.1, 0.15) is 26.2 Å². The van der Waals surface area contributed by atoms with E-state index in [0.717, 1.165) is 10.1 Å². The fourth-order valence-corrected chi connectivity index (χ4v) is 4.59. The van der Waals surface area contributed by atoms with Crippen molar-refractivity contribution < 1.29 is 14.4 Å². The lowest BCUT2D eigenvalue weighted by atomic mass is 9.85. The van der Waals surface area contributed by atoms with E-state index in [1.807, 2.05) is 19.1 Å². The van der Waals surface area contributed by atoms with Gasteiger partial charge in [-0.2, -0.15) is 0 Å². The molecule has 0 radical (unpaired) electrons. The molecule has 0 bridgehead atoms. The Labute approximate surface area is 147 Å². The van der Waals surface area contributed by atoms with Crippen LogP contribution in [-0.2, 0) is 14.4 Å². The fourth-order valence-electron chi connectivity index (χ4n) is 2.93. The van der Waals surface area contributed by atoms with Crippen LogP contribution >= 0.6 is 23.1 Å². The average Bonchev–Trinajstić information content (AvgIpc) is 3.10. The molecule has 1 saturated heterocycles. The maximum atomic E-state index is 12.3. The third-order valence-corrected chi connectivity index (χ3v) is 5.94. The first-order chi connectivity index (χ1) is 11.6. The minimum Gasteiger partial charge on any atom is -0.300 e. The van der Waals surface area contributed by atoms with Gasteiger partial charge in [-0.3, -0.25) is 19.3 Å². The molecule has 3 amide bonds. The van der Waals surface area contributed by atoms with Crippen LogP contribution in [0.4, 0.5) is 5.13 Å².